The summed E-state index contributed by atoms with van der Waals surface area (Å²) in [6.45, 7) is 3.70. The molecule has 144 valence electrons. The number of nitrogens with zero attached hydrogens (tertiary/aromatic N) is 1. The monoisotopic (exact) mass is 369 g/mol. The van der Waals surface area contributed by atoms with Gasteiger partial charge in [0.1, 0.15) is 13.2 Å². The number of aliphatic hydroxyl groups is 1. The van der Waals surface area contributed by atoms with E-state index in [4.69, 9.17) is 9.05 Å². The highest BCUT2D eigenvalue weighted by Crippen LogP contribution is 2.43. The summed E-state index contributed by atoms with van der Waals surface area (Å²) in [5.74, 6) is -0.336. The Morgan fingerprint density at radius 2 is 1.88 bits per heavy atom. The van der Waals surface area contributed by atoms with E-state index in [9.17, 15) is 19.4 Å². The molecule has 1 amide bonds. The summed E-state index contributed by atoms with van der Waals surface area (Å²) in [4.78, 5) is 21.0. The van der Waals surface area contributed by atoms with Crippen LogP contribution in [-0.4, -0.2) is 73.4 Å². The van der Waals surface area contributed by atoms with Crippen LogP contribution in [-0.2, 0) is 18.4 Å². The number of likely N-dealkylation sites (N-methyl/N-ethyl adjacent to an activating group) is 1. The standard InChI is InChI=1S/C15H33N2O6P/c1-6-7-8-9-15(19)14(16-13(2)18)12-23-24(20,21)22-11-10-17(3,4)5/h14-15,19H,6-12H2,1-5H3,(H-,16,18,20,21)/p+1. The van der Waals surface area contributed by atoms with Crippen molar-refractivity contribution in [2.24, 2.45) is 0 Å². The fourth-order valence-electron chi connectivity index (χ4n) is 1.96. The summed E-state index contributed by atoms with van der Waals surface area (Å²) in [7, 11) is 1.59. The number of hydrogen-bond donors (Lipinski definition) is 3. The fraction of sp³-hybridized carbons (Fsp3) is 0.933. The number of phosphoric ester groups is 1. The molecule has 0 aliphatic heterocycles. The average molecular weight is 369 g/mol. The Labute approximate surface area is 145 Å². The summed E-state index contributed by atoms with van der Waals surface area (Å²) >= 11 is 0. The molecule has 0 fully saturated rings. The first kappa shape index (κ1) is 23.5. The van der Waals surface area contributed by atoms with E-state index >= 15 is 0 Å². The van der Waals surface area contributed by atoms with Gasteiger partial charge in [-0.1, -0.05) is 26.2 Å². The molecule has 8 nitrogen and oxygen atoms in total. The van der Waals surface area contributed by atoms with E-state index in [0.717, 1.165) is 19.3 Å². The van der Waals surface area contributed by atoms with E-state index < -0.39 is 20.0 Å². The lowest BCUT2D eigenvalue weighted by Crippen LogP contribution is -2.45. The van der Waals surface area contributed by atoms with Crippen LogP contribution in [0.25, 0.3) is 0 Å². The van der Waals surface area contributed by atoms with E-state index in [1.165, 1.54) is 6.92 Å². The van der Waals surface area contributed by atoms with Crippen LogP contribution in [0.3, 0.4) is 0 Å². The quantitative estimate of drug-likeness (QED) is 0.257. The molecular weight excluding hydrogens is 335 g/mol. The smallest absolute Gasteiger partial charge is 0.391 e. The number of hydrogen-bond acceptors (Lipinski definition) is 5. The van der Waals surface area contributed by atoms with Gasteiger partial charge in [0.15, 0.2) is 0 Å². The maximum Gasteiger partial charge on any atom is 0.472 e. The molecule has 0 heterocycles. The maximum absolute atomic E-state index is 11.9. The Balaban J connectivity index is 4.45. The largest absolute Gasteiger partial charge is 0.472 e. The second-order valence-corrected chi connectivity index (χ2v) is 8.44. The maximum atomic E-state index is 11.9. The van der Waals surface area contributed by atoms with E-state index in [1.807, 2.05) is 21.1 Å². The van der Waals surface area contributed by atoms with E-state index in [0.29, 0.717) is 17.4 Å². The highest BCUT2D eigenvalue weighted by molar-refractivity contribution is 7.47. The van der Waals surface area contributed by atoms with Crippen LogP contribution < -0.4 is 5.32 Å². The van der Waals surface area contributed by atoms with Crippen molar-refractivity contribution in [3.05, 3.63) is 0 Å². The first-order valence-corrected chi connectivity index (χ1v) is 9.84. The third-order valence-electron chi connectivity index (χ3n) is 3.39. The molecule has 0 aliphatic carbocycles. The van der Waals surface area contributed by atoms with Gasteiger partial charge in [-0.2, -0.15) is 0 Å². The zero-order chi connectivity index (χ0) is 18.8. The summed E-state index contributed by atoms with van der Waals surface area (Å²) in [5.41, 5.74) is 0. The normalized spacial score (nSPS) is 17.1. The van der Waals surface area contributed by atoms with Crippen LogP contribution in [0.15, 0.2) is 0 Å². The number of phosphoric acid groups is 1. The van der Waals surface area contributed by atoms with Crippen molar-refractivity contribution in [1.29, 1.82) is 0 Å². The minimum atomic E-state index is -4.22. The number of carbonyl (C=O) groups is 1. The van der Waals surface area contributed by atoms with Crippen molar-refractivity contribution in [1.82, 2.24) is 5.32 Å². The fourth-order valence-corrected chi connectivity index (χ4v) is 2.69. The van der Waals surface area contributed by atoms with Gasteiger partial charge in [0.25, 0.3) is 0 Å². The first-order chi connectivity index (χ1) is 11.0. The molecule has 0 radical (unpaired) electrons. The third-order valence-corrected chi connectivity index (χ3v) is 4.37. The van der Waals surface area contributed by atoms with Crippen LogP contribution in [0.1, 0.15) is 39.5 Å². The Hall–Kier alpha value is -0.500. The topological polar surface area (TPSA) is 105 Å². The number of nitrogens with one attached hydrogen (secondary N) is 1. The third kappa shape index (κ3) is 12.9. The average Bonchev–Trinajstić information content (AvgIpc) is 2.41. The van der Waals surface area contributed by atoms with Gasteiger partial charge in [0, 0.05) is 6.92 Å². The van der Waals surface area contributed by atoms with Gasteiger partial charge in [-0.3, -0.25) is 13.8 Å². The lowest BCUT2D eigenvalue weighted by Gasteiger charge is -2.26. The minimum absolute atomic E-state index is 0.0706. The van der Waals surface area contributed by atoms with E-state index in [1.54, 1.807) is 0 Å². The molecule has 3 unspecified atom stereocenters. The van der Waals surface area contributed by atoms with Crippen LogP contribution >= 0.6 is 7.82 Å². The first-order valence-electron chi connectivity index (χ1n) is 8.34. The molecule has 0 aromatic heterocycles. The van der Waals surface area contributed by atoms with Gasteiger partial charge in [0.2, 0.25) is 5.91 Å². The molecule has 9 heteroatoms. The van der Waals surface area contributed by atoms with Gasteiger partial charge in [-0.15, -0.1) is 0 Å². The van der Waals surface area contributed by atoms with Crippen LogP contribution in [0.2, 0.25) is 0 Å². The Bertz CT molecular complexity index is 413. The molecule has 0 rings (SSSR count). The molecular formula is C15H34N2O6P+. The highest BCUT2D eigenvalue weighted by Gasteiger charge is 2.27. The van der Waals surface area contributed by atoms with Crippen molar-refractivity contribution < 1.29 is 32.9 Å². The molecule has 0 saturated carbocycles. The van der Waals surface area contributed by atoms with Crippen molar-refractivity contribution >= 4 is 13.7 Å². The molecule has 0 aliphatic rings. The predicted octanol–water partition coefficient (Wildman–Crippen LogP) is 1.27. The van der Waals surface area contributed by atoms with Crippen molar-refractivity contribution in [3.8, 4) is 0 Å². The highest BCUT2D eigenvalue weighted by atomic mass is 31.2. The number of unbranched alkanes of at least 4 members (excludes halogenated alkanes) is 2. The number of aliphatic hydroxyl groups excluding tert-OH is 1. The molecule has 3 N–H and O–H groups in total. The molecule has 24 heavy (non-hydrogen) atoms. The number of amides is 1. The lowest BCUT2D eigenvalue weighted by molar-refractivity contribution is -0.870. The number of rotatable bonds is 13. The Kier molecular flexibility index (Phi) is 10.9. The molecule has 3 atom stereocenters. The van der Waals surface area contributed by atoms with E-state index in [2.05, 4.69) is 12.2 Å². The van der Waals surface area contributed by atoms with Crippen LogP contribution in [0.5, 0.6) is 0 Å². The zero-order valence-electron chi connectivity index (χ0n) is 15.5. The van der Waals surface area contributed by atoms with Gasteiger partial charge in [-0.05, 0) is 6.42 Å². The van der Waals surface area contributed by atoms with Crippen LogP contribution in [0.4, 0.5) is 0 Å². The van der Waals surface area contributed by atoms with Gasteiger partial charge in [0.05, 0.1) is 39.9 Å². The zero-order valence-corrected chi connectivity index (χ0v) is 16.4. The lowest BCUT2D eigenvalue weighted by atomic mass is 10.0. The number of quaternary nitrogens is 1. The minimum Gasteiger partial charge on any atom is -0.391 e. The van der Waals surface area contributed by atoms with Crippen molar-refractivity contribution in [2.45, 2.75) is 51.7 Å². The van der Waals surface area contributed by atoms with Gasteiger partial charge in [-0.25, -0.2) is 4.57 Å². The summed E-state index contributed by atoms with van der Waals surface area (Å²) in [5, 5.41) is 12.7. The molecule has 0 aromatic rings. The Morgan fingerprint density at radius 1 is 1.25 bits per heavy atom. The SMILES string of the molecule is CCCCCC(O)C(COP(=O)(O)OCC[N+](C)(C)C)NC(C)=O. The second kappa shape index (κ2) is 11.2. The van der Waals surface area contributed by atoms with E-state index in [-0.39, 0.29) is 19.1 Å². The molecule has 0 aromatic carbocycles. The predicted molar refractivity (Wildman–Crippen MR) is 92.4 cm³/mol. The molecule has 0 bridgehead atoms. The summed E-state index contributed by atoms with van der Waals surface area (Å²) < 4.78 is 22.3. The van der Waals surface area contributed by atoms with Gasteiger partial charge < -0.3 is 19.8 Å². The Morgan fingerprint density at radius 3 is 2.38 bits per heavy atom. The molecule has 0 saturated heterocycles. The second-order valence-electron chi connectivity index (χ2n) is 6.98. The summed E-state index contributed by atoms with van der Waals surface area (Å²) in [6.07, 6.45) is 2.44. The number of carbonyl (C=O) groups excluding carboxylic acids is 1. The van der Waals surface area contributed by atoms with Crippen LogP contribution in [0, 0.1) is 0 Å². The van der Waals surface area contributed by atoms with Crippen molar-refractivity contribution in [2.75, 3.05) is 40.9 Å². The molecule has 0 spiro atoms. The van der Waals surface area contributed by atoms with Gasteiger partial charge >= 0.3 is 7.82 Å². The van der Waals surface area contributed by atoms with Crippen molar-refractivity contribution in [3.63, 3.8) is 0 Å². The summed E-state index contributed by atoms with van der Waals surface area (Å²) in [6, 6.07) is -0.748.